The van der Waals surface area contributed by atoms with E-state index in [1.54, 1.807) is 18.2 Å². The molecule has 21 heavy (non-hydrogen) atoms. The Labute approximate surface area is 117 Å². The molecule has 0 aliphatic heterocycles. The molecule has 3 rings (SSSR count). The largest absolute Gasteiger partial charge is 0.478 e. The number of nitro groups is 1. The first kappa shape index (κ1) is 12.8. The van der Waals surface area contributed by atoms with E-state index in [1.165, 1.54) is 24.3 Å². The van der Waals surface area contributed by atoms with Gasteiger partial charge in [0.05, 0.1) is 10.5 Å². The number of non-ortho nitro benzene ring substituents is 1. The number of rotatable bonds is 3. The summed E-state index contributed by atoms with van der Waals surface area (Å²) < 4.78 is 5.48. The van der Waals surface area contributed by atoms with Gasteiger partial charge >= 0.3 is 5.97 Å². The standard InChI is InChI=1S/C14H8N2O5/c17-14(18)10-5-2-6-11-12(10)15-13(21-11)8-3-1-4-9(7-8)16(19)20/h1-7H,(H,17,18). The first-order valence-corrected chi connectivity index (χ1v) is 5.94. The van der Waals surface area contributed by atoms with E-state index in [4.69, 9.17) is 9.52 Å². The normalized spacial score (nSPS) is 10.7. The second kappa shape index (κ2) is 4.71. The Bertz CT molecular complexity index is 869. The van der Waals surface area contributed by atoms with Gasteiger partial charge in [-0.05, 0) is 18.2 Å². The Morgan fingerprint density at radius 1 is 1.24 bits per heavy atom. The van der Waals surface area contributed by atoms with Crippen molar-refractivity contribution in [3.8, 4) is 11.5 Å². The molecule has 7 heteroatoms. The number of nitro benzene ring substituents is 1. The second-order valence-electron chi connectivity index (χ2n) is 4.28. The lowest BCUT2D eigenvalue weighted by Gasteiger charge is -1.95. The monoisotopic (exact) mass is 284 g/mol. The van der Waals surface area contributed by atoms with Gasteiger partial charge in [-0.25, -0.2) is 9.78 Å². The topological polar surface area (TPSA) is 106 Å². The molecule has 7 nitrogen and oxygen atoms in total. The molecule has 0 spiro atoms. The van der Waals surface area contributed by atoms with Crippen molar-refractivity contribution in [2.24, 2.45) is 0 Å². The van der Waals surface area contributed by atoms with E-state index in [-0.39, 0.29) is 22.7 Å². The van der Waals surface area contributed by atoms with E-state index in [9.17, 15) is 14.9 Å². The summed E-state index contributed by atoms with van der Waals surface area (Å²) in [5.41, 5.74) is 0.876. The Hall–Kier alpha value is -3.22. The summed E-state index contributed by atoms with van der Waals surface area (Å²) in [6, 6.07) is 10.4. The molecule has 1 N–H and O–H groups in total. The third kappa shape index (κ3) is 2.20. The number of carboxylic acid groups (broad SMARTS) is 1. The molecule has 104 valence electrons. The zero-order chi connectivity index (χ0) is 15.0. The van der Waals surface area contributed by atoms with E-state index >= 15 is 0 Å². The fraction of sp³-hybridized carbons (Fsp3) is 0. The smallest absolute Gasteiger partial charge is 0.338 e. The van der Waals surface area contributed by atoms with Gasteiger partial charge in [0.1, 0.15) is 5.52 Å². The van der Waals surface area contributed by atoms with Crippen LogP contribution in [-0.2, 0) is 0 Å². The molecular formula is C14H8N2O5. The van der Waals surface area contributed by atoms with E-state index in [0.29, 0.717) is 11.1 Å². The molecule has 3 aromatic rings. The van der Waals surface area contributed by atoms with Crippen molar-refractivity contribution < 1.29 is 19.2 Å². The minimum absolute atomic E-state index is 0.0212. The third-order valence-electron chi connectivity index (χ3n) is 2.95. The number of fused-ring (bicyclic) bond motifs is 1. The van der Waals surface area contributed by atoms with Crippen LogP contribution in [0.25, 0.3) is 22.6 Å². The molecule has 1 heterocycles. The number of para-hydroxylation sites is 1. The summed E-state index contributed by atoms with van der Waals surface area (Å²) in [4.78, 5) is 25.5. The van der Waals surface area contributed by atoms with Crippen LogP contribution in [0.4, 0.5) is 5.69 Å². The van der Waals surface area contributed by atoms with Crippen LogP contribution >= 0.6 is 0 Å². The Balaban J connectivity index is 2.18. The highest BCUT2D eigenvalue weighted by Gasteiger charge is 2.16. The number of carbonyl (C=O) groups is 1. The molecule has 0 unspecified atom stereocenters. The number of nitrogens with zero attached hydrogens (tertiary/aromatic N) is 2. The zero-order valence-electron chi connectivity index (χ0n) is 10.5. The number of aromatic carboxylic acids is 1. The number of benzene rings is 2. The molecule has 0 aliphatic rings. The van der Waals surface area contributed by atoms with Crippen LogP contribution < -0.4 is 0 Å². The number of oxazole rings is 1. The Kier molecular flexibility index (Phi) is 2.87. The van der Waals surface area contributed by atoms with Crippen LogP contribution in [0.5, 0.6) is 0 Å². The van der Waals surface area contributed by atoms with Crippen LogP contribution in [0, 0.1) is 10.1 Å². The summed E-state index contributed by atoms with van der Waals surface area (Å²) in [7, 11) is 0. The maximum absolute atomic E-state index is 11.1. The SMILES string of the molecule is O=C(O)c1cccc2oc(-c3cccc([N+](=O)[O-])c3)nc12. The van der Waals surface area contributed by atoms with Crippen molar-refractivity contribution in [3.05, 3.63) is 58.1 Å². The number of aromatic nitrogens is 1. The van der Waals surface area contributed by atoms with Crippen molar-refractivity contribution in [1.29, 1.82) is 0 Å². The van der Waals surface area contributed by atoms with Gasteiger partial charge in [0.2, 0.25) is 5.89 Å². The molecule has 0 aliphatic carbocycles. The molecule has 2 aromatic carbocycles. The lowest BCUT2D eigenvalue weighted by atomic mass is 10.2. The summed E-state index contributed by atoms with van der Waals surface area (Å²) in [6.45, 7) is 0. The first-order valence-electron chi connectivity index (χ1n) is 5.94. The van der Waals surface area contributed by atoms with E-state index in [0.717, 1.165) is 0 Å². The maximum Gasteiger partial charge on any atom is 0.338 e. The zero-order valence-corrected chi connectivity index (χ0v) is 10.5. The lowest BCUT2D eigenvalue weighted by molar-refractivity contribution is -0.384. The van der Waals surface area contributed by atoms with Crippen molar-refractivity contribution >= 4 is 22.8 Å². The molecule has 0 fully saturated rings. The van der Waals surface area contributed by atoms with Crippen molar-refractivity contribution in [3.63, 3.8) is 0 Å². The van der Waals surface area contributed by atoms with Gasteiger partial charge in [-0.3, -0.25) is 10.1 Å². The van der Waals surface area contributed by atoms with Gasteiger partial charge in [-0.15, -0.1) is 0 Å². The summed E-state index contributed by atoms with van der Waals surface area (Å²) in [6.07, 6.45) is 0. The minimum atomic E-state index is -1.11. The fourth-order valence-corrected chi connectivity index (χ4v) is 2.00. The molecule has 1 aromatic heterocycles. The van der Waals surface area contributed by atoms with Crippen LogP contribution in [0.2, 0.25) is 0 Å². The molecular weight excluding hydrogens is 276 g/mol. The van der Waals surface area contributed by atoms with Gasteiger partial charge in [-0.2, -0.15) is 0 Å². The Morgan fingerprint density at radius 2 is 2.00 bits per heavy atom. The van der Waals surface area contributed by atoms with Gasteiger partial charge < -0.3 is 9.52 Å². The highest BCUT2D eigenvalue weighted by molar-refractivity contribution is 6.00. The summed E-state index contributed by atoms with van der Waals surface area (Å²) >= 11 is 0. The number of carboxylic acids is 1. The van der Waals surface area contributed by atoms with Crippen molar-refractivity contribution in [2.45, 2.75) is 0 Å². The minimum Gasteiger partial charge on any atom is -0.478 e. The van der Waals surface area contributed by atoms with Crippen LogP contribution in [0.3, 0.4) is 0 Å². The highest BCUT2D eigenvalue weighted by atomic mass is 16.6. The summed E-state index contributed by atoms with van der Waals surface area (Å²) in [5.74, 6) is -0.970. The Morgan fingerprint density at radius 3 is 2.71 bits per heavy atom. The third-order valence-corrected chi connectivity index (χ3v) is 2.95. The van der Waals surface area contributed by atoms with Crippen molar-refractivity contribution in [2.75, 3.05) is 0 Å². The molecule has 0 saturated heterocycles. The van der Waals surface area contributed by atoms with E-state index in [1.807, 2.05) is 0 Å². The molecule has 0 atom stereocenters. The maximum atomic E-state index is 11.1. The van der Waals surface area contributed by atoms with Crippen molar-refractivity contribution in [1.82, 2.24) is 4.98 Å². The van der Waals surface area contributed by atoms with Crippen LogP contribution in [-0.4, -0.2) is 21.0 Å². The average Bonchev–Trinajstić information content (AvgIpc) is 2.91. The van der Waals surface area contributed by atoms with Gasteiger partial charge in [0.15, 0.2) is 5.58 Å². The average molecular weight is 284 g/mol. The van der Waals surface area contributed by atoms with E-state index < -0.39 is 10.9 Å². The lowest BCUT2D eigenvalue weighted by Crippen LogP contribution is -1.96. The number of hydrogen-bond acceptors (Lipinski definition) is 5. The molecule has 0 saturated carbocycles. The predicted octanol–water partition coefficient (Wildman–Crippen LogP) is 3.10. The van der Waals surface area contributed by atoms with Crippen LogP contribution in [0.1, 0.15) is 10.4 Å². The first-order chi connectivity index (χ1) is 10.1. The second-order valence-corrected chi connectivity index (χ2v) is 4.28. The molecule has 0 radical (unpaired) electrons. The quantitative estimate of drug-likeness (QED) is 0.585. The van der Waals surface area contributed by atoms with E-state index in [2.05, 4.69) is 4.98 Å². The summed E-state index contributed by atoms with van der Waals surface area (Å²) in [5, 5.41) is 19.9. The molecule has 0 amide bonds. The van der Waals surface area contributed by atoms with Gasteiger partial charge in [0, 0.05) is 17.7 Å². The highest BCUT2D eigenvalue weighted by Crippen LogP contribution is 2.28. The van der Waals surface area contributed by atoms with Gasteiger partial charge in [-0.1, -0.05) is 12.1 Å². The van der Waals surface area contributed by atoms with Gasteiger partial charge in [0.25, 0.3) is 5.69 Å². The fourth-order valence-electron chi connectivity index (χ4n) is 2.00. The number of hydrogen-bond donors (Lipinski definition) is 1. The predicted molar refractivity (Wildman–Crippen MR) is 73.1 cm³/mol. The van der Waals surface area contributed by atoms with Crippen LogP contribution in [0.15, 0.2) is 46.9 Å². The molecule has 0 bridgehead atoms.